The van der Waals surface area contributed by atoms with E-state index in [4.69, 9.17) is 0 Å². The van der Waals surface area contributed by atoms with Crippen LogP contribution in [0.15, 0.2) is 81.5 Å². The van der Waals surface area contributed by atoms with E-state index in [1.807, 2.05) is 61.0 Å². The van der Waals surface area contributed by atoms with Crippen LogP contribution in [0.1, 0.15) is 12.5 Å². The predicted molar refractivity (Wildman–Crippen MR) is 129 cm³/mol. The van der Waals surface area contributed by atoms with E-state index in [0.717, 1.165) is 32.5 Å². The molecule has 0 aliphatic rings. The first-order valence-electron chi connectivity index (χ1n) is 9.62. The van der Waals surface area contributed by atoms with Crippen LogP contribution in [0.25, 0.3) is 22.2 Å². The Kier molecular flexibility index (Phi) is 6.48. The highest BCUT2D eigenvalue weighted by molar-refractivity contribution is 9.10. The average Bonchev–Trinajstić information content (AvgIpc) is 3.16. The average molecular weight is 494 g/mol. The lowest BCUT2D eigenvalue weighted by molar-refractivity contribution is -0.118. The van der Waals surface area contributed by atoms with Gasteiger partial charge < -0.3 is 4.57 Å². The van der Waals surface area contributed by atoms with Gasteiger partial charge in [0.25, 0.3) is 5.91 Å². The van der Waals surface area contributed by atoms with Crippen molar-refractivity contribution in [1.82, 2.24) is 20.2 Å². The molecule has 31 heavy (non-hydrogen) atoms. The quantitative estimate of drug-likeness (QED) is 0.232. The summed E-state index contributed by atoms with van der Waals surface area (Å²) in [5.74, 6) is 0.750. The first-order chi connectivity index (χ1) is 15.0. The Morgan fingerprint density at radius 3 is 2.58 bits per heavy atom. The van der Waals surface area contributed by atoms with Gasteiger partial charge in [-0.2, -0.15) is 5.10 Å². The molecule has 0 aliphatic carbocycles. The van der Waals surface area contributed by atoms with E-state index in [1.54, 1.807) is 0 Å². The van der Waals surface area contributed by atoms with Crippen LogP contribution in [0.2, 0.25) is 0 Å². The van der Waals surface area contributed by atoms with Crippen molar-refractivity contribution in [3.05, 3.63) is 76.8 Å². The molecule has 0 unspecified atom stereocenters. The summed E-state index contributed by atoms with van der Waals surface area (Å²) in [5.41, 5.74) is 5.31. The Bertz CT molecular complexity index is 1270. The number of rotatable bonds is 6. The predicted octanol–water partition coefficient (Wildman–Crippen LogP) is 5.03. The smallest absolute Gasteiger partial charge is 0.250 e. The zero-order valence-corrected chi connectivity index (χ0v) is 19.4. The molecule has 0 bridgehead atoms. The molecule has 4 aromatic rings. The Hall–Kier alpha value is -2.97. The number of thioether (sulfide) groups is 1. The van der Waals surface area contributed by atoms with E-state index >= 15 is 0 Å². The van der Waals surface area contributed by atoms with Gasteiger partial charge in [0.2, 0.25) is 0 Å². The summed E-state index contributed by atoms with van der Waals surface area (Å²) in [7, 11) is 1.89. The van der Waals surface area contributed by atoms with Gasteiger partial charge in [0.1, 0.15) is 0 Å². The van der Waals surface area contributed by atoms with Crippen LogP contribution >= 0.6 is 27.7 Å². The van der Waals surface area contributed by atoms with Gasteiger partial charge in [-0.15, -0.1) is 10.2 Å². The fraction of sp³-hybridized carbons (Fsp3) is 0.130. The maximum atomic E-state index is 12.3. The molecule has 0 saturated heterocycles. The molecule has 1 heterocycles. The lowest BCUT2D eigenvalue weighted by atomic mass is 10.0. The number of carbonyl (C=O) groups excluding carboxylic acids is 1. The molecule has 0 spiro atoms. The van der Waals surface area contributed by atoms with Crippen LogP contribution in [-0.4, -0.2) is 32.1 Å². The van der Waals surface area contributed by atoms with Crippen LogP contribution < -0.4 is 5.43 Å². The van der Waals surface area contributed by atoms with E-state index < -0.39 is 0 Å². The van der Waals surface area contributed by atoms with Crippen molar-refractivity contribution in [1.29, 1.82) is 0 Å². The number of nitrogens with zero attached hydrogens (tertiary/aromatic N) is 4. The highest BCUT2D eigenvalue weighted by Crippen LogP contribution is 2.24. The third-order valence-electron chi connectivity index (χ3n) is 4.79. The first kappa shape index (κ1) is 21.3. The van der Waals surface area contributed by atoms with E-state index in [0.29, 0.717) is 5.16 Å². The van der Waals surface area contributed by atoms with Gasteiger partial charge in [0, 0.05) is 17.1 Å². The number of halogens is 1. The minimum atomic E-state index is -0.196. The number of hydrogen-bond acceptors (Lipinski definition) is 5. The molecule has 3 aromatic carbocycles. The summed E-state index contributed by atoms with van der Waals surface area (Å²) < 4.78 is 2.88. The number of fused-ring (bicyclic) bond motifs is 1. The molecular formula is C23H20BrN5OS. The van der Waals surface area contributed by atoms with E-state index in [-0.39, 0.29) is 11.7 Å². The SMILES string of the molecule is C/C(=N\NC(=O)CSc1nnc(-c2ccc(Br)cc2)n1C)c1ccc2ccccc2c1. The molecule has 1 aromatic heterocycles. The van der Waals surface area contributed by atoms with Crippen molar-refractivity contribution in [3.63, 3.8) is 0 Å². The topological polar surface area (TPSA) is 72.2 Å². The Morgan fingerprint density at radius 2 is 1.81 bits per heavy atom. The molecular weight excluding hydrogens is 474 g/mol. The second kappa shape index (κ2) is 9.45. The summed E-state index contributed by atoms with van der Waals surface area (Å²) in [6.45, 7) is 1.88. The van der Waals surface area contributed by atoms with Crippen molar-refractivity contribution in [2.24, 2.45) is 12.1 Å². The van der Waals surface area contributed by atoms with Gasteiger partial charge in [0.05, 0.1) is 11.5 Å². The van der Waals surface area contributed by atoms with Crippen LogP contribution in [0.3, 0.4) is 0 Å². The molecule has 0 radical (unpaired) electrons. The summed E-state index contributed by atoms with van der Waals surface area (Å²) in [5, 5.41) is 15.7. The molecule has 8 heteroatoms. The molecule has 0 fully saturated rings. The van der Waals surface area contributed by atoms with Crippen molar-refractivity contribution in [2.45, 2.75) is 12.1 Å². The molecule has 0 aliphatic heterocycles. The zero-order chi connectivity index (χ0) is 21.8. The number of amides is 1. The van der Waals surface area contributed by atoms with Crippen molar-refractivity contribution >= 4 is 50.1 Å². The summed E-state index contributed by atoms with van der Waals surface area (Å²) >= 11 is 4.75. The minimum Gasteiger partial charge on any atom is -0.305 e. The van der Waals surface area contributed by atoms with Crippen LogP contribution in [0, 0.1) is 0 Å². The minimum absolute atomic E-state index is 0.195. The number of hydrazone groups is 1. The van der Waals surface area contributed by atoms with Crippen molar-refractivity contribution in [2.75, 3.05) is 5.75 Å². The van der Waals surface area contributed by atoms with Crippen LogP contribution in [0.4, 0.5) is 0 Å². The molecule has 0 atom stereocenters. The summed E-state index contributed by atoms with van der Waals surface area (Å²) in [4.78, 5) is 12.3. The Labute approximate surface area is 192 Å². The van der Waals surface area contributed by atoms with E-state index in [9.17, 15) is 4.79 Å². The van der Waals surface area contributed by atoms with E-state index in [2.05, 4.69) is 60.9 Å². The number of benzene rings is 3. The highest BCUT2D eigenvalue weighted by atomic mass is 79.9. The van der Waals surface area contributed by atoms with Gasteiger partial charge in [-0.1, -0.05) is 76.2 Å². The number of hydrogen-bond donors (Lipinski definition) is 1. The Morgan fingerprint density at radius 1 is 1.06 bits per heavy atom. The highest BCUT2D eigenvalue weighted by Gasteiger charge is 2.13. The molecule has 4 rings (SSSR count). The lowest BCUT2D eigenvalue weighted by Crippen LogP contribution is -2.21. The number of nitrogens with one attached hydrogen (secondary N) is 1. The molecule has 1 amide bonds. The molecule has 156 valence electrons. The maximum Gasteiger partial charge on any atom is 0.250 e. The summed E-state index contributed by atoms with van der Waals surface area (Å²) in [6, 6.07) is 22.1. The number of aromatic nitrogens is 3. The lowest BCUT2D eigenvalue weighted by Gasteiger charge is -2.05. The fourth-order valence-electron chi connectivity index (χ4n) is 3.08. The fourth-order valence-corrected chi connectivity index (χ4v) is 4.05. The largest absolute Gasteiger partial charge is 0.305 e. The van der Waals surface area contributed by atoms with Crippen LogP contribution in [-0.2, 0) is 11.8 Å². The third-order valence-corrected chi connectivity index (χ3v) is 6.33. The van der Waals surface area contributed by atoms with Gasteiger partial charge in [0.15, 0.2) is 11.0 Å². The molecule has 6 nitrogen and oxygen atoms in total. The second-order valence-corrected chi connectivity index (χ2v) is 8.81. The third kappa shape index (κ3) is 5.03. The first-order valence-corrected chi connectivity index (χ1v) is 11.4. The van der Waals surface area contributed by atoms with Gasteiger partial charge in [-0.3, -0.25) is 4.79 Å². The maximum absolute atomic E-state index is 12.3. The van der Waals surface area contributed by atoms with Gasteiger partial charge >= 0.3 is 0 Å². The van der Waals surface area contributed by atoms with Gasteiger partial charge in [-0.25, -0.2) is 5.43 Å². The van der Waals surface area contributed by atoms with E-state index in [1.165, 1.54) is 17.1 Å². The summed E-state index contributed by atoms with van der Waals surface area (Å²) in [6.07, 6.45) is 0. The van der Waals surface area contributed by atoms with Crippen LogP contribution in [0.5, 0.6) is 0 Å². The van der Waals surface area contributed by atoms with Crippen molar-refractivity contribution in [3.8, 4) is 11.4 Å². The van der Waals surface area contributed by atoms with Crippen molar-refractivity contribution < 1.29 is 4.79 Å². The molecule has 1 N–H and O–H groups in total. The monoisotopic (exact) mass is 493 g/mol. The normalized spacial score (nSPS) is 11.6. The number of carbonyl (C=O) groups is 1. The standard InChI is InChI=1S/C23H20BrN5OS/c1-15(18-8-7-16-5-3-4-6-19(16)13-18)25-26-21(30)14-31-23-28-27-22(29(23)2)17-9-11-20(24)12-10-17/h3-13H,14H2,1-2H3,(H,26,30)/b25-15+. The van der Waals surface area contributed by atoms with Gasteiger partial charge in [-0.05, 0) is 41.5 Å². The molecule has 0 saturated carbocycles. The zero-order valence-electron chi connectivity index (χ0n) is 17.0. The Balaban J connectivity index is 1.37. The second-order valence-electron chi connectivity index (χ2n) is 6.95.